The summed E-state index contributed by atoms with van der Waals surface area (Å²) < 4.78 is 31.3. The zero-order chi connectivity index (χ0) is 16.6. The van der Waals surface area contributed by atoms with Gasteiger partial charge in [0.25, 0.3) is 5.91 Å². The molecule has 6 nitrogen and oxygen atoms in total. The van der Waals surface area contributed by atoms with Crippen molar-refractivity contribution in [1.29, 1.82) is 0 Å². The highest BCUT2D eigenvalue weighted by molar-refractivity contribution is 7.92. The predicted octanol–water partition coefficient (Wildman–Crippen LogP) is 1.61. The lowest BCUT2D eigenvalue weighted by Gasteiger charge is -2.39. The maximum absolute atomic E-state index is 12.8. The molecule has 7 heteroatoms. The molecule has 23 heavy (non-hydrogen) atoms. The van der Waals surface area contributed by atoms with Crippen molar-refractivity contribution < 1.29 is 17.9 Å². The third kappa shape index (κ3) is 3.15. The van der Waals surface area contributed by atoms with Crippen LogP contribution in [0, 0.1) is 0 Å². The molecule has 0 N–H and O–H groups in total. The number of hydrogen-bond acceptors (Lipinski definition) is 4. The van der Waals surface area contributed by atoms with E-state index in [1.807, 2.05) is 11.8 Å². The van der Waals surface area contributed by atoms with Crippen molar-refractivity contribution >= 4 is 21.6 Å². The number of benzene rings is 1. The molecule has 1 aromatic carbocycles. The second kappa shape index (κ2) is 6.03. The standard InChI is InChI=1S/C16H22N2O4S/c1-12-7-5-6-10-17(12)16(19)15-11-18(23(2,20)21)13-8-3-4-9-14(13)22-15/h3-4,8-9,12,15H,5-7,10-11H2,1-2H3/t12-,15+/m0/s1. The molecule has 0 radical (unpaired) electrons. The molecule has 0 aromatic heterocycles. The van der Waals surface area contributed by atoms with Crippen molar-refractivity contribution in [3.05, 3.63) is 24.3 Å². The van der Waals surface area contributed by atoms with E-state index in [1.165, 1.54) is 4.31 Å². The Kier molecular flexibility index (Phi) is 4.23. The number of para-hydroxylation sites is 2. The number of hydrogen-bond donors (Lipinski definition) is 0. The second-order valence-corrected chi connectivity index (χ2v) is 8.15. The van der Waals surface area contributed by atoms with Gasteiger partial charge in [0.15, 0.2) is 6.10 Å². The number of ether oxygens (including phenoxy) is 1. The van der Waals surface area contributed by atoms with E-state index < -0.39 is 16.1 Å². The number of anilines is 1. The number of carbonyl (C=O) groups excluding carboxylic acids is 1. The Morgan fingerprint density at radius 3 is 2.70 bits per heavy atom. The summed E-state index contributed by atoms with van der Waals surface area (Å²) in [5.74, 6) is 0.313. The highest BCUT2D eigenvalue weighted by atomic mass is 32.2. The van der Waals surface area contributed by atoms with E-state index >= 15 is 0 Å². The molecule has 1 amide bonds. The van der Waals surface area contributed by atoms with Gasteiger partial charge in [0, 0.05) is 12.6 Å². The van der Waals surface area contributed by atoms with Crippen LogP contribution in [-0.4, -0.2) is 50.7 Å². The van der Waals surface area contributed by atoms with Gasteiger partial charge in [0.1, 0.15) is 5.75 Å². The minimum Gasteiger partial charge on any atom is -0.476 e. The third-order valence-electron chi connectivity index (χ3n) is 4.50. The highest BCUT2D eigenvalue weighted by Crippen LogP contribution is 2.35. The van der Waals surface area contributed by atoms with Crippen LogP contribution in [0.25, 0.3) is 0 Å². The number of fused-ring (bicyclic) bond motifs is 1. The summed E-state index contributed by atoms with van der Waals surface area (Å²) in [6.45, 7) is 2.76. The molecule has 0 spiro atoms. The summed E-state index contributed by atoms with van der Waals surface area (Å²) in [6, 6.07) is 7.10. The lowest BCUT2D eigenvalue weighted by molar-refractivity contribution is -0.141. The summed E-state index contributed by atoms with van der Waals surface area (Å²) in [7, 11) is -3.47. The fourth-order valence-corrected chi connectivity index (χ4v) is 4.17. The molecule has 1 saturated heterocycles. The van der Waals surface area contributed by atoms with Gasteiger partial charge in [-0.1, -0.05) is 12.1 Å². The molecule has 2 heterocycles. The van der Waals surface area contributed by atoms with Gasteiger partial charge in [0.2, 0.25) is 10.0 Å². The van der Waals surface area contributed by atoms with Crippen LogP contribution in [0.3, 0.4) is 0 Å². The number of amides is 1. The van der Waals surface area contributed by atoms with E-state index in [1.54, 1.807) is 24.3 Å². The average molecular weight is 338 g/mol. The van der Waals surface area contributed by atoms with E-state index in [-0.39, 0.29) is 18.5 Å². The molecule has 1 aromatic rings. The van der Waals surface area contributed by atoms with Crippen LogP contribution >= 0.6 is 0 Å². The molecule has 3 rings (SSSR count). The Labute approximate surface area is 137 Å². The highest BCUT2D eigenvalue weighted by Gasteiger charge is 2.38. The van der Waals surface area contributed by atoms with Crippen LogP contribution < -0.4 is 9.04 Å². The monoisotopic (exact) mass is 338 g/mol. The zero-order valence-corrected chi connectivity index (χ0v) is 14.3. The molecule has 0 saturated carbocycles. The van der Waals surface area contributed by atoms with Gasteiger partial charge >= 0.3 is 0 Å². The molecule has 126 valence electrons. The molecule has 2 atom stereocenters. The van der Waals surface area contributed by atoms with E-state index in [0.717, 1.165) is 25.5 Å². The molecule has 0 bridgehead atoms. The smallest absolute Gasteiger partial charge is 0.265 e. The average Bonchev–Trinajstić information content (AvgIpc) is 2.52. The number of rotatable bonds is 2. The fraction of sp³-hybridized carbons (Fsp3) is 0.562. The molecule has 1 fully saturated rings. The Hall–Kier alpha value is -1.76. The minimum atomic E-state index is -3.47. The number of carbonyl (C=O) groups is 1. The Morgan fingerprint density at radius 2 is 2.00 bits per heavy atom. The largest absolute Gasteiger partial charge is 0.476 e. The van der Waals surface area contributed by atoms with Gasteiger partial charge < -0.3 is 9.64 Å². The summed E-state index contributed by atoms with van der Waals surface area (Å²) in [5.41, 5.74) is 0.491. The van der Waals surface area contributed by atoms with Crippen LogP contribution in [0.1, 0.15) is 26.2 Å². The maximum atomic E-state index is 12.8. The third-order valence-corrected chi connectivity index (χ3v) is 5.64. The zero-order valence-electron chi connectivity index (χ0n) is 13.4. The second-order valence-electron chi connectivity index (χ2n) is 6.24. The Morgan fingerprint density at radius 1 is 1.26 bits per heavy atom. The van der Waals surface area contributed by atoms with E-state index in [0.29, 0.717) is 18.0 Å². The van der Waals surface area contributed by atoms with Crippen LogP contribution in [0.2, 0.25) is 0 Å². The van der Waals surface area contributed by atoms with Gasteiger partial charge in [-0.3, -0.25) is 9.10 Å². The van der Waals surface area contributed by atoms with Gasteiger partial charge in [-0.05, 0) is 38.3 Å². The number of likely N-dealkylation sites (tertiary alicyclic amines) is 1. The molecule has 0 aliphatic carbocycles. The maximum Gasteiger partial charge on any atom is 0.265 e. The van der Waals surface area contributed by atoms with Crippen molar-refractivity contribution in [2.75, 3.05) is 23.7 Å². The summed E-state index contributed by atoms with van der Waals surface area (Å²) in [4.78, 5) is 14.6. The van der Waals surface area contributed by atoms with Crippen LogP contribution in [0.5, 0.6) is 5.75 Å². The lowest BCUT2D eigenvalue weighted by atomic mass is 10.0. The summed E-state index contributed by atoms with van der Waals surface area (Å²) in [5, 5.41) is 0. The van der Waals surface area contributed by atoms with Gasteiger partial charge in [-0.2, -0.15) is 0 Å². The normalized spacial score (nSPS) is 24.8. The fourth-order valence-electron chi connectivity index (χ4n) is 3.26. The van der Waals surface area contributed by atoms with Crippen molar-refractivity contribution in [3.63, 3.8) is 0 Å². The first-order chi connectivity index (χ1) is 10.9. The van der Waals surface area contributed by atoms with E-state index in [9.17, 15) is 13.2 Å². The van der Waals surface area contributed by atoms with Gasteiger partial charge in [-0.25, -0.2) is 8.42 Å². The first-order valence-electron chi connectivity index (χ1n) is 7.92. The van der Waals surface area contributed by atoms with Gasteiger partial charge in [0.05, 0.1) is 18.5 Å². The quantitative estimate of drug-likeness (QED) is 0.822. The predicted molar refractivity (Wildman–Crippen MR) is 88.1 cm³/mol. The van der Waals surface area contributed by atoms with Crippen LogP contribution in [-0.2, 0) is 14.8 Å². The lowest BCUT2D eigenvalue weighted by Crippen LogP contribution is -2.54. The Bertz CT molecular complexity index is 704. The minimum absolute atomic E-state index is 0.0257. The molecule has 0 unspecified atom stereocenters. The molecule has 2 aliphatic heterocycles. The Balaban J connectivity index is 1.89. The van der Waals surface area contributed by atoms with Crippen molar-refractivity contribution in [2.24, 2.45) is 0 Å². The first kappa shape index (κ1) is 16.1. The number of sulfonamides is 1. The summed E-state index contributed by atoms with van der Waals surface area (Å²) >= 11 is 0. The topological polar surface area (TPSA) is 66.9 Å². The van der Waals surface area contributed by atoms with Crippen LogP contribution in [0.4, 0.5) is 5.69 Å². The summed E-state index contributed by atoms with van der Waals surface area (Å²) in [6.07, 6.45) is 3.44. The molecular formula is C16H22N2O4S. The van der Waals surface area contributed by atoms with Crippen molar-refractivity contribution in [1.82, 2.24) is 4.90 Å². The van der Waals surface area contributed by atoms with E-state index in [2.05, 4.69) is 0 Å². The van der Waals surface area contributed by atoms with Crippen molar-refractivity contribution in [3.8, 4) is 5.75 Å². The number of nitrogens with zero attached hydrogens (tertiary/aromatic N) is 2. The molecular weight excluding hydrogens is 316 g/mol. The van der Waals surface area contributed by atoms with E-state index in [4.69, 9.17) is 4.74 Å². The molecule has 2 aliphatic rings. The van der Waals surface area contributed by atoms with Crippen molar-refractivity contribution in [2.45, 2.75) is 38.3 Å². The SMILES string of the molecule is C[C@H]1CCCCN1C(=O)[C@H]1CN(S(C)(=O)=O)c2ccccc2O1. The first-order valence-corrected chi connectivity index (χ1v) is 9.76. The van der Waals surface area contributed by atoms with Crippen LogP contribution in [0.15, 0.2) is 24.3 Å². The van der Waals surface area contributed by atoms with Gasteiger partial charge in [-0.15, -0.1) is 0 Å². The number of piperidine rings is 1.